The molecule has 2 N–H and O–H groups in total. The van der Waals surface area contributed by atoms with Crippen LogP contribution < -0.4 is 5.32 Å². The van der Waals surface area contributed by atoms with E-state index in [4.69, 9.17) is 4.74 Å². The maximum absolute atomic E-state index is 14.4. The molecule has 30 heavy (non-hydrogen) atoms. The van der Waals surface area contributed by atoms with Crippen molar-refractivity contribution in [3.05, 3.63) is 59.0 Å². The lowest BCUT2D eigenvalue weighted by Gasteiger charge is -2.25. The Bertz CT molecular complexity index is 1110. The van der Waals surface area contributed by atoms with Gasteiger partial charge in [-0.15, -0.1) is 0 Å². The summed E-state index contributed by atoms with van der Waals surface area (Å²) in [5, 5.41) is 10.0. The van der Waals surface area contributed by atoms with Gasteiger partial charge < -0.3 is 10.1 Å². The van der Waals surface area contributed by atoms with Gasteiger partial charge in [0.05, 0.1) is 36.7 Å². The van der Waals surface area contributed by atoms with Gasteiger partial charge >= 0.3 is 0 Å². The number of halogens is 3. The van der Waals surface area contributed by atoms with Crippen LogP contribution >= 0.6 is 0 Å². The van der Waals surface area contributed by atoms with Crippen molar-refractivity contribution in [2.24, 2.45) is 0 Å². The predicted molar refractivity (Wildman–Crippen MR) is 107 cm³/mol. The van der Waals surface area contributed by atoms with Gasteiger partial charge in [-0.1, -0.05) is 12.1 Å². The quantitative estimate of drug-likeness (QED) is 0.669. The van der Waals surface area contributed by atoms with E-state index in [9.17, 15) is 18.0 Å². The van der Waals surface area contributed by atoms with Crippen LogP contribution in [0.2, 0.25) is 0 Å². The minimum absolute atomic E-state index is 0.0460. The molecule has 156 valence electrons. The summed E-state index contributed by atoms with van der Waals surface area (Å²) in [6.07, 6.45) is 3.17. The number of ether oxygens (including phenoxy) is 1. The van der Waals surface area contributed by atoms with Gasteiger partial charge in [0.2, 0.25) is 5.91 Å². The van der Waals surface area contributed by atoms with Gasteiger partial charge in [0, 0.05) is 24.5 Å². The first-order chi connectivity index (χ1) is 14.5. The van der Waals surface area contributed by atoms with Crippen LogP contribution in [0.5, 0.6) is 0 Å². The second-order valence-corrected chi connectivity index (χ2v) is 6.93. The van der Waals surface area contributed by atoms with Crippen molar-refractivity contribution in [2.75, 3.05) is 38.2 Å². The number of hydrogen-bond donors (Lipinski definition) is 2. The molecule has 3 aromatic rings. The summed E-state index contributed by atoms with van der Waals surface area (Å²) >= 11 is 0. The Morgan fingerprint density at radius 1 is 1.10 bits per heavy atom. The molecule has 1 fully saturated rings. The molecule has 1 aromatic heterocycles. The second-order valence-electron chi connectivity index (χ2n) is 6.93. The topological polar surface area (TPSA) is 70.2 Å². The number of amides is 1. The minimum atomic E-state index is -0.948. The Hall–Kier alpha value is -3.17. The second kappa shape index (κ2) is 8.68. The number of nitrogens with one attached hydrogen (secondary N) is 2. The van der Waals surface area contributed by atoms with Crippen molar-refractivity contribution in [1.82, 2.24) is 15.1 Å². The number of carbonyl (C=O) groups is 1. The third kappa shape index (κ3) is 4.52. The fourth-order valence-corrected chi connectivity index (χ4v) is 3.22. The largest absolute Gasteiger partial charge is 0.379 e. The van der Waals surface area contributed by atoms with Crippen molar-refractivity contribution >= 4 is 34.6 Å². The summed E-state index contributed by atoms with van der Waals surface area (Å²) in [4.78, 5) is 14.2. The number of nitrogens with zero attached hydrogens (tertiary/aromatic N) is 2. The fourth-order valence-electron chi connectivity index (χ4n) is 3.22. The molecule has 0 atom stereocenters. The smallest absolute Gasteiger partial charge is 0.238 e. The number of morpholine rings is 1. The summed E-state index contributed by atoms with van der Waals surface area (Å²) < 4.78 is 46.1. The van der Waals surface area contributed by atoms with Gasteiger partial charge in [-0.3, -0.25) is 14.8 Å². The summed E-state index contributed by atoms with van der Waals surface area (Å²) in [5.74, 6) is -2.78. The first-order valence-corrected chi connectivity index (χ1v) is 9.40. The van der Waals surface area contributed by atoms with Crippen LogP contribution in [0, 0.1) is 17.5 Å². The van der Waals surface area contributed by atoms with E-state index in [1.54, 1.807) is 12.2 Å². The average molecular weight is 416 g/mol. The number of benzene rings is 2. The Balaban J connectivity index is 1.53. The molecular weight excluding hydrogens is 397 g/mol. The Morgan fingerprint density at radius 2 is 1.90 bits per heavy atom. The minimum Gasteiger partial charge on any atom is -0.379 e. The first kappa shape index (κ1) is 20.1. The molecule has 4 rings (SSSR count). The van der Waals surface area contributed by atoms with E-state index < -0.39 is 17.5 Å². The van der Waals surface area contributed by atoms with E-state index in [2.05, 4.69) is 15.5 Å². The van der Waals surface area contributed by atoms with E-state index in [1.165, 1.54) is 18.2 Å². The monoisotopic (exact) mass is 416 g/mol. The van der Waals surface area contributed by atoms with Crippen molar-refractivity contribution in [2.45, 2.75) is 0 Å². The lowest BCUT2D eigenvalue weighted by molar-refractivity contribution is -0.118. The van der Waals surface area contributed by atoms with Crippen LogP contribution in [0.3, 0.4) is 0 Å². The number of aromatic amines is 1. The van der Waals surface area contributed by atoms with Gasteiger partial charge in [0.1, 0.15) is 5.82 Å². The number of fused-ring (bicyclic) bond motifs is 1. The van der Waals surface area contributed by atoms with Crippen LogP contribution in [0.1, 0.15) is 11.3 Å². The molecule has 1 aliphatic heterocycles. The molecule has 0 bridgehead atoms. The lowest BCUT2D eigenvalue weighted by Crippen LogP contribution is -2.41. The summed E-state index contributed by atoms with van der Waals surface area (Å²) in [5.41, 5.74) is 1.41. The van der Waals surface area contributed by atoms with E-state index in [1.807, 2.05) is 4.90 Å². The van der Waals surface area contributed by atoms with Crippen molar-refractivity contribution in [3.63, 3.8) is 0 Å². The molecule has 6 nitrogen and oxygen atoms in total. The van der Waals surface area contributed by atoms with Crippen LogP contribution in [0.15, 0.2) is 30.3 Å². The predicted octanol–water partition coefficient (Wildman–Crippen LogP) is 3.42. The van der Waals surface area contributed by atoms with E-state index >= 15 is 0 Å². The van der Waals surface area contributed by atoms with Crippen LogP contribution in [-0.2, 0) is 9.53 Å². The summed E-state index contributed by atoms with van der Waals surface area (Å²) in [6.45, 7) is 2.58. The number of aromatic nitrogens is 2. The van der Waals surface area contributed by atoms with E-state index in [-0.39, 0.29) is 18.1 Å². The Morgan fingerprint density at radius 3 is 2.67 bits per heavy atom. The molecule has 0 radical (unpaired) electrons. The number of hydrogen-bond acceptors (Lipinski definition) is 4. The highest BCUT2D eigenvalue weighted by atomic mass is 19.2. The first-order valence-electron chi connectivity index (χ1n) is 9.40. The molecule has 0 aliphatic carbocycles. The molecule has 0 saturated carbocycles. The number of anilines is 1. The number of rotatable bonds is 5. The average Bonchev–Trinajstić information content (AvgIpc) is 3.11. The van der Waals surface area contributed by atoms with Crippen LogP contribution in [0.25, 0.3) is 23.1 Å². The molecule has 2 heterocycles. The molecule has 1 amide bonds. The zero-order chi connectivity index (χ0) is 21.1. The lowest BCUT2D eigenvalue weighted by atomic mass is 10.1. The van der Waals surface area contributed by atoms with Crippen molar-refractivity contribution < 1.29 is 22.7 Å². The van der Waals surface area contributed by atoms with Crippen LogP contribution in [0.4, 0.5) is 18.9 Å². The Labute approximate surface area is 170 Å². The van der Waals surface area contributed by atoms with Gasteiger partial charge in [-0.25, -0.2) is 13.2 Å². The third-order valence-electron chi connectivity index (χ3n) is 4.80. The molecule has 9 heteroatoms. The summed E-state index contributed by atoms with van der Waals surface area (Å²) in [7, 11) is 0. The fraction of sp³-hybridized carbons (Fsp3) is 0.238. The van der Waals surface area contributed by atoms with E-state index in [0.29, 0.717) is 48.5 Å². The van der Waals surface area contributed by atoms with Gasteiger partial charge in [0.25, 0.3) is 0 Å². The highest BCUT2D eigenvalue weighted by Crippen LogP contribution is 2.25. The number of carbonyl (C=O) groups excluding carboxylic acids is 1. The van der Waals surface area contributed by atoms with Gasteiger partial charge in [-0.05, 0) is 29.8 Å². The van der Waals surface area contributed by atoms with Gasteiger partial charge in [0.15, 0.2) is 11.6 Å². The zero-order valence-corrected chi connectivity index (χ0v) is 15.9. The Kier molecular flexibility index (Phi) is 5.82. The zero-order valence-electron chi connectivity index (χ0n) is 15.9. The normalized spacial score (nSPS) is 15.2. The molecular formula is C21H19F3N4O2. The molecule has 2 aromatic carbocycles. The maximum atomic E-state index is 14.4. The maximum Gasteiger partial charge on any atom is 0.238 e. The molecule has 0 unspecified atom stereocenters. The SMILES string of the molecule is O=C(CN1CCOCC1)Nc1cc2c(C=Cc3ccc(F)c(F)c3)n[nH]c2cc1F. The highest BCUT2D eigenvalue weighted by molar-refractivity contribution is 5.97. The van der Waals surface area contributed by atoms with E-state index in [0.717, 1.165) is 12.1 Å². The number of H-pyrrole nitrogens is 1. The molecule has 1 saturated heterocycles. The highest BCUT2D eigenvalue weighted by Gasteiger charge is 2.16. The van der Waals surface area contributed by atoms with Crippen LogP contribution in [-0.4, -0.2) is 53.9 Å². The standard InChI is InChI=1S/C21H19F3N4O2/c22-15-3-1-13(9-16(15)23)2-4-18-14-10-20(17(24)11-19(14)27-26-18)25-21(29)12-28-5-7-30-8-6-28/h1-4,9-11H,5-8,12H2,(H,25,29)(H,26,27). The third-order valence-corrected chi connectivity index (χ3v) is 4.80. The summed E-state index contributed by atoms with van der Waals surface area (Å²) in [6, 6.07) is 6.28. The van der Waals surface area contributed by atoms with Crippen molar-refractivity contribution in [1.29, 1.82) is 0 Å². The van der Waals surface area contributed by atoms with Gasteiger partial charge in [-0.2, -0.15) is 5.10 Å². The van der Waals surface area contributed by atoms with Crippen molar-refractivity contribution in [3.8, 4) is 0 Å². The molecule has 0 spiro atoms. The molecule has 1 aliphatic rings.